The van der Waals surface area contributed by atoms with E-state index in [4.69, 9.17) is 4.74 Å². The molecule has 1 N–H and O–H groups in total. The summed E-state index contributed by atoms with van der Waals surface area (Å²) in [6.07, 6.45) is 7.00. The summed E-state index contributed by atoms with van der Waals surface area (Å²) in [5.41, 5.74) is 2.41. The molecule has 1 aliphatic carbocycles. The molecule has 1 aromatic carbocycles. The summed E-state index contributed by atoms with van der Waals surface area (Å²) in [5, 5.41) is 7.41. The van der Waals surface area contributed by atoms with Gasteiger partial charge in [-0.15, -0.1) is 0 Å². The number of hydrogen-bond acceptors (Lipinski definition) is 4. The van der Waals surface area contributed by atoms with E-state index < -0.39 is 0 Å². The summed E-state index contributed by atoms with van der Waals surface area (Å²) < 4.78 is 7.33. The second-order valence-electron chi connectivity index (χ2n) is 6.66. The molecule has 2 heterocycles. The molecule has 7 heteroatoms. The number of likely N-dealkylation sites (tertiary alicyclic amines) is 1. The van der Waals surface area contributed by atoms with E-state index in [0.717, 1.165) is 44.5 Å². The first kappa shape index (κ1) is 15.9. The van der Waals surface area contributed by atoms with Gasteiger partial charge in [0.15, 0.2) is 0 Å². The minimum absolute atomic E-state index is 0.0257. The number of carbonyl (C=O) groups is 1. The highest BCUT2D eigenvalue weighted by atomic mass is 16.5. The van der Waals surface area contributed by atoms with Gasteiger partial charge in [0.1, 0.15) is 18.4 Å². The van der Waals surface area contributed by atoms with Crippen LogP contribution < -0.4 is 10.1 Å². The molecule has 0 radical (unpaired) electrons. The maximum absolute atomic E-state index is 12.7. The van der Waals surface area contributed by atoms with Crippen molar-refractivity contribution in [3.8, 4) is 5.75 Å². The summed E-state index contributed by atoms with van der Waals surface area (Å²) in [5.74, 6) is 0.919. The van der Waals surface area contributed by atoms with Crippen LogP contribution in [0.25, 0.3) is 0 Å². The van der Waals surface area contributed by atoms with Crippen molar-refractivity contribution in [3.05, 3.63) is 42.0 Å². The molecular formula is C18H23N5O2. The van der Waals surface area contributed by atoms with Gasteiger partial charge in [0, 0.05) is 13.1 Å². The molecule has 4 rings (SSSR count). The van der Waals surface area contributed by atoms with Crippen LogP contribution in [-0.4, -0.2) is 45.9 Å². The highest BCUT2D eigenvalue weighted by molar-refractivity contribution is 5.75. The Morgan fingerprint density at radius 3 is 2.84 bits per heavy atom. The first-order valence-corrected chi connectivity index (χ1v) is 8.81. The van der Waals surface area contributed by atoms with Gasteiger partial charge in [-0.1, -0.05) is 12.1 Å². The van der Waals surface area contributed by atoms with Crippen LogP contribution in [0.15, 0.2) is 30.9 Å². The summed E-state index contributed by atoms with van der Waals surface area (Å²) >= 11 is 0. The lowest BCUT2D eigenvalue weighted by molar-refractivity contribution is 0.165. The second-order valence-corrected chi connectivity index (χ2v) is 6.66. The number of nitrogens with zero attached hydrogens (tertiary/aromatic N) is 4. The van der Waals surface area contributed by atoms with Crippen LogP contribution in [0, 0.1) is 0 Å². The zero-order valence-corrected chi connectivity index (χ0v) is 14.4. The van der Waals surface area contributed by atoms with Crippen LogP contribution in [-0.2, 0) is 6.42 Å². The molecule has 0 bridgehead atoms. The van der Waals surface area contributed by atoms with Gasteiger partial charge in [-0.25, -0.2) is 14.5 Å². The number of rotatable bonds is 3. The zero-order chi connectivity index (χ0) is 17.2. The fourth-order valence-electron chi connectivity index (χ4n) is 3.94. The number of aromatic nitrogens is 3. The Balaban J connectivity index is 1.37. The Labute approximate surface area is 147 Å². The first-order valence-electron chi connectivity index (χ1n) is 8.81. The van der Waals surface area contributed by atoms with Crippen molar-refractivity contribution in [2.75, 3.05) is 20.2 Å². The third kappa shape index (κ3) is 3.06. The van der Waals surface area contributed by atoms with Gasteiger partial charge in [-0.05, 0) is 42.9 Å². The van der Waals surface area contributed by atoms with Gasteiger partial charge in [0.05, 0.1) is 19.2 Å². The van der Waals surface area contributed by atoms with E-state index >= 15 is 0 Å². The fourth-order valence-corrected chi connectivity index (χ4v) is 3.94. The third-order valence-electron chi connectivity index (χ3n) is 5.31. The molecule has 7 nitrogen and oxygen atoms in total. The molecule has 1 aromatic heterocycles. The van der Waals surface area contributed by atoms with E-state index in [2.05, 4.69) is 21.5 Å². The van der Waals surface area contributed by atoms with E-state index in [-0.39, 0.29) is 12.1 Å². The van der Waals surface area contributed by atoms with Crippen LogP contribution in [0.1, 0.15) is 42.5 Å². The van der Waals surface area contributed by atoms with Crippen molar-refractivity contribution in [2.45, 2.75) is 37.8 Å². The minimum atomic E-state index is 0.0257. The fraction of sp³-hybridized carbons (Fsp3) is 0.500. The minimum Gasteiger partial charge on any atom is -0.496 e. The van der Waals surface area contributed by atoms with Gasteiger partial charge >= 0.3 is 6.03 Å². The lowest BCUT2D eigenvalue weighted by atomic mass is 10.1. The maximum Gasteiger partial charge on any atom is 0.317 e. The van der Waals surface area contributed by atoms with Crippen LogP contribution >= 0.6 is 0 Å². The monoisotopic (exact) mass is 341 g/mol. The van der Waals surface area contributed by atoms with Crippen molar-refractivity contribution in [1.29, 1.82) is 0 Å². The largest absolute Gasteiger partial charge is 0.496 e. The Morgan fingerprint density at radius 2 is 2.12 bits per heavy atom. The zero-order valence-electron chi connectivity index (χ0n) is 14.4. The molecule has 2 aliphatic rings. The molecule has 25 heavy (non-hydrogen) atoms. The SMILES string of the molecule is COc1cccc2c1CC[C@H]2NC(=O)N1CCC(n2cncn2)CC1. The van der Waals surface area contributed by atoms with Crippen LogP contribution in [0.4, 0.5) is 4.79 Å². The molecule has 132 valence electrons. The molecule has 0 spiro atoms. The van der Waals surface area contributed by atoms with Gasteiger partial charge in [0.25, 0.3) is 0 Å². The lowest BCUT2D eigenvalue weighted by Crippen LogP contribution is -2.45. The van der Waals surface area contributed by atoms with Gasteiger partial charge in [-0.3, -0.25) is 0 Å². The molecule has 2 aromatic rings. The van der Waals surface area contributed by atoms with E-state index in [1.807, 2.05) is 21.7 Å². The van der Waals surface area contributed by atoms with Crippen molar-refractivity contribution >= 4 is 6.03 Å². The predicted molar refractivity (Wildman–Crippen MR) is 92.5 cm³/mol. The Kier molecular flexibility index (Phi) is 4.29. The lowest BCUT2D eigenvalue weighted by Gasteiger charge is -2.32. The maximum atomic E-state index is 12.7. The number of carbonyl (C=O) groups excluding carboxylic acids is 1. The van der Waals surface area contributed by atoms with Crippen molar-refractivity contribution in [2.24, 2.45) is 0 Å². The average molecular weight is 341 g/mol. The van der Waals surface area contributed by atoms with Crippen molar-refractivity contribution in [1.82, 2.24) is 25.0 Å². The molecule has 2 amide bonds. The van der Waals surface area contributed by atoms with Crippen LogP contribution in [0.3, 0.4) is 0 Å². The Hall–Kier alpha value is -2.57. The second kappa shape index (κ2) is 6.74. The number of amides is 2. The summed E-state index contributed by atoms with van der Waals surface area (Å²) in [6.45, 7) is 1.49. The molecule has 1 fully saturated rings. The smallest absolute Gasteiger partial charge is 0.317 e. The first-order chi connectivity index (χ1) is 12.3. The van der Waals surface area contributed by atoms with Crippen molar-refractivity contribution < 1.29 is 9.53 Å². The number of urea groups is 1. The van der Waals surface area contributed by atoms with Crippen LogP contribution in [0.2, 0.25) is 0 Å². The molecule has 0 saturated carbocycles. The molecule has 1 atom stereocenters. The normalized spacial score (nSPS) is 20.4. The number of hydrogen-bond donors (Lipinski definition) is 1. The number of fused-ring (bicyclic) bond motifs is 1. The van der Waals surface area contributed by atoms with Gasteiger partial charge in [-0.2, -0.15) is 5.10 Å². The van der Waals surface area contributed by atoms with E-state index in [1.165, 1.54) is 11.1 Å². The molecule has 0 unspecified atom stereocenters. The number of methoxy groups -OCH3 is 1. The highest BCUT2D eigenvalue weighted by Crippen LogP contribution is 2.37. The molecule has 1 saturated heterocycles. The molecular weight excluding hydrogens is 318 g/mol. The summed E-state index contributed by atoms with van der Waals surface area (Å²) in [6, 6.07) is 6.50. The number of ether oxygens (including phenoxy) is 1. The third-order valence-corrected chi connectivity index (χ3v) is 5.31. The number of piperidine rings is 1. The Bertz CT molecular complexity index is 738. The number of benzene rings is 1. The Morgan fingerprint density at radius 1 is 1.28 bits per heavy atom. The quantitative estimate of drug-likeness (QED) is 0.930. The van der Waals surface area contributed by atoms with Crippen molar-refractivity contribution in [3.63, 3.8) is 0 Å². The topological polar surface area (TPSA) is 72.3 Å². The van der Waals surface area contributed by atoms with E-state index in [9.17, 15) is 4.79 Å². The van der Waals surface area contributed by atoms with Crippen LogP contribution in [0.5, 0.6) is 5.75 Å². The van der Waals surface area contributed by atoms with Gasteiger partial charge in [0.2, 0.25) is 0 Å². The average Bonchev–Trinajstić information content (AvgIpc) is 3.32. The number of nitrogens with one attached hydrogen (secondary N) is 1. The highest BCUT2D eigenvalue weighted by Gasteiger charge is 2.29. The molecule has 1 aliphatic heterocycles. The van der Waals surface area contributed by atoms with Gasteiger partial charge < -0.3 is 15.0 Å². The summed E-state index contributed by atoms with van der Waals surface area (Å²) in [4.78, 5) is 18.6. The predicted octanol–water partition coefficient (Wildman–Crippen LogP) is 2.32. The standard InChI is InChI=1S/C18H23N5O2/c1-25-17-4-2-3-14-15(17)5-6-16(14)21-18(24)22-9-7-13(8-10-22)23-12-19-11-20-23/h2-4,11-13,16H,5-10H2,1H3,(H,21,24)/t16-/m1/s1. The summed E-state index contributed by atoms with van der Waals surface area (Å²) in [7, 11) is 1.70. The van der Waals surface area contributed by atoms with E-state index in [1.54, 1.807) is 19.8 Å². The van der Waals surface area contributed by atoms with E-state index in [0.29, 0.717) is 6.04 Å².